The van der Waals surface area contributed by atoms with Crippen molar-refractivity contribution >= 4 is 23.5 Å². The van der Waals surface area contributed by atoms with Gasteiger partial charge < -0.3 is 19.9 Å². The summed E-state index contributed by atoms with van der Waals surface area (Å²) in [5, 5.41) is 10.1. The number of carbonyl (C=O) groups is 3. The topological polar surface area (TPSA) is 132 Å². The summed E-state index contributed by atoms with van der Waals surface area (Å²) in [5.74, 6) is -2.47. The van der Waals surface area contributed by atoms with Crippen LogP contribution >= 0.6 is 0 Å². The van der Waals surface area contributed by atoms with Crippen molar-refractivity contribution in [1.29, 1.82) is 5.26 Å². The van der Waals surface area contributed by atoms with E-state index in [0.717, 1.165) is 5.56 Å². The molecule has 0 bridgehead atoms. The van der Waals surface area contributed by atoms with E-state index in [1.165, 1.54) is 11.8 Å². The quantitative estimate of drug-likeness (QED) is 0.617. The zero-order chi connectivity index (χ0) is 27.0. The van der Waals surface area contributed by atoms with Crippen molar-refractivity contribution in [1.82, 2.24) is 0 Å². The molecule has 2 aromatic rings. The predicted octanol–water partition coefficient (Wildman–Crippen LogP) is 3.35. The number of hydrogen-bond acceptors (Lipinski definition) is 8. The first-order valence-corrected chi connectivity index (χ1v) is 11.6. The zero-order valence-corrected chi connectivity index (χ0v) is 21.0. The van der Waals surface area contributed by atoms with Crippen molar-refractivity contribution in [2.45, 2.75) is 45.3 Å². The predicted molar refractivity (Wildman–Crippen MR) is 133 cm³/mol. The smallest absolute Gasteiger partial charge is 0.339 e. The second-order valence-electron chi connectivity index (χ2n) is 9.69. The first-order chi connectivity index (χ1) is 17.5. The molecule has 9 heteroatoms. The highest BCUT2D eigenvalue weighted by atomic mass is 16.6. The van der Waals surface area contributed by atoms with Crippen LogP contribution in [0.2, 0.25) is 0 Å². The molecule has 2 heterocycles. The Balaban J connectivity index is 1.79. The Kier molecular flexibility index (Phi) is 6.53. The second-order valence-corrected chi connectivity index (χ2v) is 9.69. The fourth-order valence-electron chi connectivity index (χ4n) is 4.61. The molecule has 1 spiro atoms. The molecule has 0 aliphatic carbocycles. The lowest BCUT2D eigenvalue weighted by molar-refractivity contribution is -0.151. The maximum Gasteiger partial charge on any atom is 0.339 e. The van der Waals surface area contributed by atoms with Crippen LogP contribution in [0.15, 0.2) is 77.4 Å². The number of allylic oxidation sites excluding steroid dienone is 1. The van der Waals surface area contributed by atoms with Gasteiger partial charge in [-0.3, -0.25) is 14.5 Å². The number of para-hydroxylation sites is 1. The first kappa shape index (κ1) is 25.5. The molecule has 0 fully saturated rings. The molecule has 9 nitrogen and oxygen atoms in total. The lowest BCUT2D eigenvalue weighted by Crippen LogP contribution is -2.50. The normalized spacial score (nSPS) is 18.9. The SMILES string of the molecule is CC1=C(C(=O)OC(C)(C)C)[C@@]2(C(=O)N(CC(=O)OCc3ccccc3)c3ccccc32)C(C#N)=C(N)O1. The average molecular weight is 502 g/mol. The van der Waals surface area contributed by atoms with Crippen LogP contribution in [-0.4, -0.2) is 30.0 Å². The molecule has 2 N–H and O–H groups in total. The van der Waals surface area contributed by atoms with Gasteiger partial charge in [0.25, 0.3) is 0 Å². The summed E-state index contributed by atoms with van der Waals surface area (Å²) in [4.78, 5) is 41.8. The minimum absolute atomic E-state index is 0.0286. The van der Waals surface area contributed by atoms with Crippen molar-refractivity contribution in [2.75, 3.05) is 11.4 Å². The summed E-state index contributed by atoms with van der Waals surface area (Å²) in [6, 6.07) is 17.7. The van der Waals surface area contributed by atoms with E-state index in [4.69, 9.17) is 19.9 Å². The monoisotopic (exact) mass is 501 g/mol. The average Bonchev–Trinajstić information content (AvgIpc) is 3.06. The van der Waals surface area contributed by atoms with Crippen molar-refractivity contribution in [3.63, 3.8) is 0 Å². The van der Waals surface area contributed by atoms with Gasteiger partial charge in [0.05, 0.1) is 0 Å². The van der Waals surface area contributed by atoms with Gasteiger partial charge in [-0.15, -0.1) is 0 Å². The Morgan fingerprint density at radius 1 is 1.11 bits per heavy atom. The number of benzene rings is 2. The van der Waals surface area contributed by atoms with Crippen LogP contribution < -0.4 is 10.6 Å². The van der Waals surface area contributed by atoms with Crippen LogP contribution in [0, 0.1) is 11.3 Å². The highest BCUT2D eigenvalue weighted by Gasteiger charge is 2.62. The molecule has 190 valence electrons. The van der Waals surface area contributed by atoms with Crippen molar-refractivity contribution in [3.8, 4) is 6.07 Å². The molecule has 2 aliphatic rings. The van der Waals surface area contributed by atoms with Gasteiger partial charge in [0.2, 0.25) is 11.8 Å². The van der Waals surface area contributed by atoms with Crippen molar-refractivity contribution < 1.29 is 28.6 Å². The summed E-state index contributed by atoms with van der Waals surface area (Å²) < 4.78 is 16.6. The zero-order valence-electron chi connectivity index (χ0n) is 21.0. The number of nitriles is 1. The maximum absolute atomic E-state index is 14.3. The van der Waals surface area contributed by atoms with Gasteiger partial charge in [-0.1, -0.05) is 48.5 Å². The van der Waals surface area contributed by atoms with Crippen LogP contribution in [0.4, 0.5) is 5.69 Å². The number of carbonyl (C=O) groups excluding carboxylic acids is 3. The molecule has 1 atom stereocenters. The highest BCUT2D eigenvalue weighted by molar-refractivity contribution is 6.19. The molecular weight excluding hydrogens is 474 g/mol. The number of esters is 2. The molecule has 2 aliphatic heterocycles. The number of hydrogen-bond donors (Lipinski definition) is 1. The Labute approximate surface area is 214 Å². The molecule has 2 aromatic carbocycles. The number of fused-ring (bicyclic) bond motifs is 2. The summed E-state index contributed by atoms with van der Waals surface area (Å²) >= 11 is 0. The van der Waals surface area contributed by atoms with E-state index in [1.807, 2.05) is 36.4 Å². The van der Waals surface area contributed by atoms with E-state index >= 15 is 0 Å². The Morgan fingerprint density at radius 2 is 1.76 bits per heavy atom. The highest BCUT2D eigenvalue weighted by Crippen LogP contribution is 2.54. The summed E-state index contributed by atoms with van der Waals surface area (Å²) in [6.07, 6.45) is 0. The lowest BCUT2D eigenvalue weighted by Gasteiger charge is -2.35. The molecule has 0 saturated heterocycles. The van der Waals surface area contributed by atoms with E-state index < -0.39 is 35.4 Å². The second kappa shape index (κ2) is 9.47. The third-order valence-electron chi connectivity index (χ3n) is 6.02. The van der Waals surface area contributed by atoms with E-state index in [9.17, 15) is 19.6 Å². The Hall–Kier alpha value is -4.58. The van der Waals surface area contributed by atoms with E-state index in [2.05, 4.69) is 0 Å². The van der Waals surface area contributed by atoms with Crippen LogP contribution in [0.3, 0.4) is 0 Å². The largest absolute Gasteiger partial charge is 0.459 e. The van der Waals surface area contributed by atoms with Gasteiger partial charge >= 0.3 is 11.9 Å². The van der Waals surface area contributed by atoms with Crippen LogP contribution in [0.1, 0.15) is 38.8 Å². The van der Waals surface area contributed by atoms with Gasteiger partial charge in [0.15, 0.2) is 5.41 Å². The number of anilines is 1. The van der Waals surface area contributed by atoms with E-state index in [1.54, 1.807) is 45.0 Å². The van der Waals surface area contributed by atoms with Crippen LogP contribution in [0.25, 0.3) is 0 Å². The van der Waals surface area contributed by atoms with Crippen LogP contribution in [-0.2, 0) is 40.6 Å². The molecule has 1 amide bonds. The number of nitrogens with two attached hydrogens (primary N) is 1. The molecule has 0 aromatic heterocycles. The van der Waals surface area contributed by atoms with E-state index in [-0.39, 0.29) is 29.4 Å². The van der Waals surface area contributed by atoms with Gasteiger partial charge in [-0.2, -0.15) is 5.26 Å². The van der Waals surface area contributed by atoms with Gasteiger partial charge in [0.1, 0.15) is 41.7 Å². The number of ether oxygens (including phenoxy) is 3. The summed E-state index contributed by atoms with van der Waals surface area (Å²) in [5.41, 5.74) is 4.29. The molecule has 4 rings (SSSR count). The molecule has 0 saturated carbocycles. The minimum atomic E-state index is -1.94. The van der Waals surface area contributed by atoms with Crippen molar-refractivity contribution in [2.24, 2.45) is 5.73 Å². The molecule has 0 unspecified atom stereocenters. The number of nitrogens with zero attached hydrogens (tertiary/aromatic N) is 2. The van der Waals surface area contributed by atoms with Crippen molar-refractivity contribution in [3.05, 3.63) is 88.5 Å². The first-order valence-electron chi connectivity index (χ1n) is 11.6. The minimum Gasteiger partial charge on any atom is -0.459 e. The van der Waals surface area contributed by atoms with E-state index in [0.29, 0.717) is 11.3 Å². The Morgan fingerprint density at radius 3 is 2.41 bits per heavy atom. The molecule has 37 heavy (non-hydrogen) atoms. The fourth-order valence-corrected chi connectivity index (χ4v) is 4.61. The lowest BCUT2D eigenvalue weighted by atomic mass is 9.68. The maximum atomic E-state index is 14.3. The van der Waals surface area contributed by atoms with Crippen LogP contribution in [0.5, 0.6) is 0 Å². The van der Waals surface area contributed by atoms with Gasteiger partial charge in [0, 0.05) is 11.3 Å². The standard InChI is InChI=1S/C28H27N3O6/c1-17-23(25(33)37-27(2,3)4)28(20(14-29)24(30)36-17)19-12-8-9-13-21(19)31(26(28)34)15-22(32)35-16-18-10-6-5-7-11-18/h5-13H,15-16,30H2,1-4H3/t28-/m0/s1. The molecule has 0 radical (unpaired) electrons. The number of rotatable bonds is 5. The van der Waals surface area contributed by atoms with Gasteiger partial charge in [-0.05, 0) is 39.3 Å². The summed E-state index contributed by atoms with van der Waals surface area (Å²) in [7, 11) is 0. The third kappa shape index (κ3) is 4.42. The number of amides is 1. The van der Waals surface area contributed by atoms with Gasteiger partial charge in [-0.25, -0.2) is 4.79 Å². The summed E-state index contributed by atoms with van der Waals surface area (Å²) in [6.45, 7) is 6.13. The Bertz CT molecular complexity index is 1380. The molecular formula is C28H27N3O6. The third-order valence-corrected chi connectivity index (χ3v) is 6.02. The fraction of sp³-hybridized carbons (Fsp3) is 0.286.